The molecule has 8 heteroatoms. The topological polar surface area (TPSA) is 83.1 Å². The molecule has 5 aromatic carbocycles. The monoisotopic (exact) mass is 541 g/mol. The quantitative estimate of drug-likeness (QED) is 0.128. The molecule has 0 fully saturated rings. The fraction of sp³-hybridized carbons (Fsp3) is 0.0968. The number of anilines is 1. The molecule has 0 aliphatic rings. The van der Waals surface area contributed by atoms with Crippen LogP contribution in [-0.4, -0.2) is 32.9 Å². The Labute approximate surface area is 229 Å². The molecule has 0 saturated heterocycles. The maximum Gasteiger partial charge on any atom is 0.347 e. The van der Waals surface area contributed by atoms with Gasteiger partial charge in [0.1, 0.15) is 17.1 Å². The van der Waals surface area contributed by atoms with E-state index in [0.29, 0.717) is 22.1 Å². The Balaban J connectivity index is 1.47. The lowest BCUT2D eigenvalue weighted by Crippen LogP contribution is -2.16. The minimum Gasteiger partial charge on any atom is -0.496 e. The molecule has 5 rings (SSSR count). The zero-order valence-electron chi connectivity index (χ0n) is 21.2. The standard InChI is InChI=1S/C31H24ClNO6/c1-36-18-38-28-16-22-10-6-4-8-20(22)14-25(28)31(35)39-29-17-23(32)11-12-26(29)33-30(34)24-13-19-7-3-5-9-21(19)15-27(24)37-2/h3-17H,18H2,1-2H3,(H,33,34). The van der Waals surface area contributed by atoms with Crippen molar-refractivity contribution in [1.82, 2.24) is 0 Å². The van der Waals surface area contributed by atoms with Crippen LogP contribution >= 0.6 is 11.6 Å². The minimum absolute atomic E-state index is 0.0509. The van der Waals surface area contributed by atoms with Gasteiger partial charge in [-0.25, -0.2) is 4.79 Å². The predicted molar refractivity (Wildman–Crippen MR) is 151 cm³/mol. The predicted octanol–water partition coefficient (Wildman–Crippen LogP) is 7.11. The molecule has 0 saturated carbocycles. The van der Waals surface area contributed by atoms with Gasteiger partial charge >= 0.3 is 5.97 Å². The van der Waals surface area contributed by atoms with Gasteiger partial charge in [0.15, 0.2) is 12.5 Å². The fourth-order valence-corrected chi connectivity index (χ4v) is 4.38. The number of ether oxygens (including phenoxy) is 4. The van der Waals surface area contributed by atoms with Crippen LogP contribution in [-0.2, 0) is 4.74 Å². The van der Waals surface area contributed by atoms with E-state index < -0.39 is 11.9 Å². The van der Waals surface area contributed by atoms with E-state index in [0.717, 1.165) is 21.5 Å². The third-order valence-electron chi connectivity index (χ3n) is 6.11. The van der Waals surface area contributed by atoms with E-state index >= 15 is 0 Å². The van der Waals surface area contributed by atoms with E-state index in [9.17, 15) is 9.59 Å². The van der Waals surface area contributed by atoms with Crippen molar-refractivity contribution >= 4 is 50.7 Å². The van der Waals surface area contributed by atoms with Crippen molar-refractivity contribution < 1.29 is 28.5 Å². The second-order valence-electron chi connectivity index (χ2n) is 8.63. The van der Waals surface area contributed by atoms with Crippen molar-refractivity contribution in [3.8, 4) is 17.2 Å². The molecular formula is C31H24ClNO6. The molecule has 0 atom stereocenters. The molecule has 0 spiro atoms. The summed E-state index contributed by atoms with van der Waals surface area (Å²) in [7, 11) is 2.99. The average molecular weight is 542 g/mol. The van der Waals surface area contributed by atoms with Gasteiger partial charge in [0.25, 0.3) is 5.91 Å². The van der Waals surface area contributed by atoms with E-state index in [-0.39, 0.29) is 23.8 Å². The van der Waals surface area contributed by atoms with E-state index in [1.54, 1.807) is 36.4 Å². The molecule has 196 valence electrons. The Morgan fingerprint density at radius 2 is 1.31 bits per heavy atom. The van der Waals surface area contributed by atoms with Crippen LogP contribution < -0.4 is 19.5 Å². The number of hydrogen-bond acceptors (Lipinski definition) is 6. The Bertz CT molecular complexity index is 1700. The number of hydrogen-bond donors (Lipinski definition) is 1. The molecule has 0 aliphatic heterocycles. The first-order valence-corrected chi connectivity index (χ1v) is 12.4. The molecule has 1 N–H and O–H groups in total. The summed E-state index contributed by atoms with van der Waals surface area (Å²) in [5, 5.41) is 6.69. The molecule has 7 nitrogen and oxygen atoms in total. The van der Waals surface area contributed by atoms with E-state index in [2.05, 4.69) is 5.32 Å². The number of nitrogens with one attached hydrogen (secondary N) is 1. The van der Waals surface area contributed by atoms with Crippen LogP contribution in [0.4, 0.5) is 5.69 Å². The van der Waals surface area contributed by atoms with Crippen LogP contribution in [0.1, 0.15) is 20.7 Å². The number of halogens is 1. The lowest BCUT2D eigenvalue weighted by molar-refractivity contribution is 0.0489. The number of carbonyl (C=O) groups is 2. The molecule has 1 amide bonds. The highest BCUT2D eigenvalue weighted by Gasteiger charge is 2.21. The van der Waals surface area contributed by atoms with Gasteiger partial charge in [-0.1, -0.05) is 60.1 Å². The number of methoxy groups -OCH3 is 2. The lowest BCUT2D eigenvalue weighted by Gasteiger charge is -2.15. The van der Waals surface area contributed by atoms with Crippen molar-refractivity contribution in [3.05, 3.63) is 107 Å². The number of benzene rings is 5. The molecule has 5 aromatic rings. The van der Waals surface area contributed by atoms with Gasteiger partial charge in [0, 0.05) is 18.2 Å². The van der Waals surface area contributed by atoms with E-state index in [1.165, 1.54) is 20.3 Å². The third kappa shape index (κ3) is 5.65. The first-order chi connectivity index (χ1) is 19.0. The summed E-state index contributed by atoms with van der Waals surface area (Å²) in [6.07, 6.45) is 0. The van der Waals surface area contributed by atoms with E-state index in [4.69, 9.17) is 30.5 Å². The van der Waals surface area contributed by atoms with Crippen molar-refractivity contribution in [2.45, 2.75) is 0 Å². The highest BCUT2D eigenvalue weighted by Crippen LogP contribution is 2.33. The fourth-order valence-electron chi connectivity index (χ4n) is 4.21. The molecule has 0 bridgehead atoms. The van der Waals surface area contributed by atoms with Crippen LogP contribution in [0.2, 0.25) is 5.02 Å². The maximum atomic E-state index is 13.4. The van der Waals surface area contributed by atoms with E-state index in [1.807, 2.05) is 48.5 Å². The Kier molecular flexibility index (Phi) is 7.63. The summed E-state index contributed by atoms with van der Waals surface area (Å²) in [6, 6.07) is 26.8. The van der Waals surface area contributed by atoms with Crippen LogP contribution in [0.25, 0.3) is 21.5 Å². The second kappa shape index (κ2) is 11.4. The zero-order chi connectivity index (χ0) is 27.4. The summed E-state index contributed by atoms with van der Waals surface area (Å²) in [6.45, 7) is -0.0509. The van der Waals surface area contributed by atoms with Crippen molar-refractivity contribution in [1.29, 1.82) is 0 Å². The van der Waals surface area contributed by atoms with Gasteiger partial charge in [0.05, 0.1) is 18.4 Å². The molecule has 0 aliphatic carbocycles. The van der Waals surface area contributed by atoms with Gasteiger partial charge in [-0.3, -0.25) is 4.79 Å². The third-order valence-corrected chi connectivity index (χ3v) is 6.34. The molecular weight excluding hydrogens is 518 g/mol. The van der Waals surface area contributed by atoms with Crippen LogP contribution in [0.5, 0.6) is 17.2 Å². The molecule has 0 radical (unpaired) electrons. The van der Waals surface area contributed by atoms with Crippen molar-refractivity contribution in [3.63, 3.8) is 0 Å². The van der Waals surface area contributed by atoms with Gasteiger partial charge in [-0.05, 0) is 57.9 Å². The minimum atomic E-state index is -0.687. The summed E-state index contributed by atoms with van der Waals surface area (Å²) < 4.78 is 21.9. The number of amides is 1. The largest absolute Gasteiger partial charge is 0.496 e. The summed E-state index contributed by atoms with van der Waals surface area (Å²) in [4.78, 5) is 26.7. The first-order valence-electron chi connectivity index (χ1n) is 12.0. The summed E-state index contributed by atoms with van der Waals surface area (Å²) in [5.74, 6) is -0.338. The Morgan fingerprint density at radius 3 is 1.92 bits per heavy atom. The lowest BCUT2D eigenvalue weighted by atomic mass is 10.1. The van der Waals surface area contributed by atoms with Crippen LogP contribution in [0, 0.1) is 0 Å². The number of esters is 1. The van der Waals surface area contributed by atoms with Gasteiger partial charge in [-0.2, -0.15) is 0 Å². The second-order valence-corrected chi connectivity index (χ2v) is 9.07. The van der Waals surface area contributed by atoms with Gasteiger partial charge in [0.2, 0.25) is 0 Å². The maximum absolute atomic E-state index is 13.4. The highest BCUT2D eigenvalue weighted by molar-refractivity contribution is 6.31. The highest BCUT2D eigenvalue weighted by atomic mass is 35.5. The zero-order valence-corrected chi connectivity index (χ0v) is 22.0. The smallest absolute Gasteiger partial charge is 0.347 e. The average Bonchev–Trinajstić information content (AvgIpc) is 2.96. The molecule has 0 heterocycles. The van der Waals surface area contributed by atoms with Gasteiger partial charge in [-0.15, -0.1) is 0 Å². The SMILES string of the molecule is COCOc1cc2ccccc2cc1C(=O)Oc1cc(Cl)ccc1NC(=O)c1cc2ccccc2cc1OC. The summed E-state index contributed by atoms with van der Waals surface area (Å²) in [5.41, 5.74) is 0.778. The molecule has 0 unspecified atom stereocenters. The number of fused-ring (bicyclic) bond motifs is 2. The summed E-state index contributed by atoms with van der Waals surface area (Å²) >= 11 is 6.23. The van der Waals surface area contributed by atoms with Crippen molar-refractivity contribution in [2.75, 3.05) is 26.3 Å². The van der Waals surface area contributed by atoms with Crippen LogP contribution in [0.3, 0.4) is 0 Å². The number of rotatable bonds is 8. The van der Waals surface area contributed by atoms with Gasteiger partial charge < -0.3 is 24.3 Å². The Hall–Kier alpha value is -4.59. The van der Waals surface area contributed by atoms with Crippen LogP contribution in [0.15, 0.2) is 91.0 Å². The normalized spacial score (nSPS) is 10.8. The van der Waals surface area contributed by atoms with Crippen molar-refractivity contribution in [2.24, 2.45) is 0 Å². The molecule has 0 aromatic heterocycles. The Morgan fingerprint density at radius 1 is 0.718 bits per heavy atom. The molecule has 39 heavy (non-hydrogen) atoms. The first kappa shape index (κ1) is 26.0. The number of carbonyl (C=O) groups excluding carboxylic acids is 2.